The van der Waals surface area contributed by atoms with Gasteiger partial charge in [-0.25, -0.2) is 0 Å². The van der Waals surface area contributed by atoms with Crippen molar-refractivity contribution in [2.45, 2.75) is 51.4 Å². The van der Waals surface area contributed by atoms with E-state index in [-0.39, 0.29) is 5.41 Å². The summed E-state index contributed by atoms with van der Waals surface area (Å²) in [6.07, 6.45) is 6.16. The van der Waals surface area contributed by atoms with Gasteiger partial charge in [0.2, 0.25) is 0 Å². The van der Waals surface area contributed by atoms with Crippen molar-refractivity contribution in [2.24, 2.45) is 17.3 Å². The zero-order valence-electron chi connectivity index (χ0n) is 12.1. The number of phenols is 1. The monoisotopic (exact) mass is 270 g/mol. The molecule has 2 nitrogen and oxygen atoms in total. The first-order chi connectivity index (χ1) is 9.61. The maximum atomic E-state index is 12.3. The summed E-state index contributed by atoms with van der Waals surface area (Å²) in [6.45, 7) is 2.20. The minimum Gasteiger partial charge on any atom is -0.508 e. The highest BCUT2D eigenvalue weighted by molar-refractivity contribution is 5.87. The molecule has 0 aliphatic heterocycles. The molecule has 0 spiro atoms. The molecule has 1 N–H and O–H groups in total. The van der Waals surface area contributed by atoms with Crippen LogP contribution in [0.5, 0.6) is 5.75 Å². The lowest BCUT2D eigenvalue weighted by Gasteiger charge is -2.48. The van der Waals surface area contributed by atoms with Crippen molar-refractivity contribution < 1.29 is 9.90 Å². The third kappa shape index (κ3) is 1.48. The number of fused-ring (bicyclic) bond motifs is 5. The van der Waals surface area contributed by atoms with Crippen molar-refractivity contribution in [3.8, 4) is 5.75 Å². The predicted molar refractivity (Wildman–Crippen MR) is 77.7 cm³/mol. The fraction of sp³-hybridized carbons (Fsp3) is 0.611. The number of carbonyl (C=O) groups is 1. The van der Waals surface area contributed by atoms with E-state index in [1.54, 1.807) is 0 Å². The van der Waals surface area contributed by atoms with Crippen LogP contribution in [-0.4, -0.2) is 10.9 Å². The highest BCUT2D eigenvalue weighted by Gasteiger charge is 2.54. The van der Waals surface area contributed by atoms with Crippen molar-refractivity contribution in [3.05, 3.63) is 29.3 Å². The summed E-state index contributed by atoms with van der Waals surface area (Å²) < 4.78 is 0. The van der Waals surface area contributed by atoms with Gasteiger partial charge in [-0.2, -0.15) is 0 Å². The molecule has 4 atom stereocenters. The number of aromatic hydroxyl groups is 1. The van der Waals surface area contributed by atoms with Crippen LogP contribution in [0.2, 0.25) is 0 Å². The summed E-state index contributed by atoms with van der Waals surface area (Å²) in [4.78, 5) is 12.3. The minimum absolute atomic E-state index is 0.0664. The first-order valence-corrected chi connectivity index (χ1v) is 7.95. The molecule has 2 saturated carbocycles. The van der Waals surface area contributed by atoms with Gasteiger partial charge in [0, 0.05) is 17.4 Å². The fourth-order valence-electron chi connectivity index (χ4n) is 5.39. The number of rotatable bonds is 0. The van der Waals surface area contributed by atoms with Gasteiger partial charge in [-0.1, -0.05) is 19.1 Å². The molecule has 0 radical (unpaired) electrons. The molecule has 0 amide bonds. The van der Waals surface area contributed by atoms with E-state index in [0.717, 1.165) is 32.1 Å². The maximum absolute atomic E-state index is 12.3. The van der Waals surface area contributed by atoms with Crippen LogP contribution >= 0.6 is 0 Å². The molecule has 1 aromatic rings. The second-order valence-electron chi connectivity index (χ2n) is 7.18. The highest BCUT2D eigenvalue weighted by atomic mass is 16.3. The summed E-state index contributed by atoms with van der Waals surface area (Å²) in [6, 6.07) is 5.95. The first-order valence-electron chi connectivity index (χ1n) is 7.95. The molecule has 2 fully saturated rings. The summed E-state index contributed by atoms with van der Waals surface area (Å²) >= 11 is 0. The number of phenolic OH excluding ortho intramolecular Hbond substituents is 1. The average molecular weight is 270 g/mol. The molecule has 4 rings (SSSR count). The molecular weight excluding hydrogens is 248 g/mol. The van der Waals surface area contributed by atoms with E-state index < -0.39 is 0 Å². The Hall–Kier alpha value is -1.31. The topological polar surface area (TPSA) is 37.3 Å². The van der Waals surface area contributed by atoms with Gasteiger partial charge in [-0.15, -0.1) is 0 Å². The summed E-state index contributed by atoms with van der Waals surface area (Å²) in [7, 11) is 0. The van der Waals surface area contributed by atoms with Crippen molar-refractivity contribution in [2.75, 3.05) is 0 Å². The van der Waals surface area contributed by atoms with Crippen LogP contribution in [0.15, 0.2) is 18.2 Å². The molecule has 3 aliphatic rings. The van der Waals surface area contributed by atoms with Crippen LogP contribution in [-0.2, 0) is 11.2 Å². The Morgan fingerprint density at radius 2 is 2.05 bits per heavy atom. The summed E-state index contributed by atoms with van der Waals surface area (Å²) in [5.74, 6) is 2.58. The molecule has 20 heavy (non-hydrogen) atoms. The van der Waals surface area contributed by atoms with Crippen LogP contribution in [0.1, 0.15) is 56.1 Å². The van der Waals surface area contributed by atoms with Crippen LogP contribution in [0, 0.1) is 17.3 Å². The molecule has 0 aromatic heterocycles. The van der Waals surface area contributed by atoms with E-state index >= 15 is 0 Å². The number of hydrogen-bond donors (Lipinski definition) is 1. The van der Waals surface area contributed by atoms with Crippen LogP contribution < -0.4 is 0 Å². The van der Waals surface area contributed by atoms with Gasteiger partial charge in [0.05, 0.1) is 0 Å². The Morgan fingerprint density at radius 1 is 1.20 bits per heavy atom. The second-order valence-corrected chi connectivity index (χ2v) is 7.18. The molecule has 0 saturated heterocycles. The zero-order chi connectivity index (χ0) is 13.9. The van der Waals surface area contributed by atoms with Gasteiger partial charge < -0.3 is 5.11 Å². The molecule has 1 aromatic carbocycles. The number of aryl methyl sites for hydroxylation is 1. The van der Waals surface area contributed by atoms with Crippen molar-refractivity contribution in [3.63, 3.8) is 0 Å². The van der Waals surface area contributed by atoms with E-state index in [9.17, 15) is 9.90 Å². The minimum atomic E-state index is -0.0664. The van der Waals surface area contributed by atoms with Gasteiger partial charge in [0.15, 0.2) is 0 Å². The third-order valence-electron chi connectivity index (χ3n) is 6.44. The van der Waals surface area contributed by atoms with Gasteiger partial charge in [-0.3, -0.25) is 4.79 Å². The standard InChI is InChI=1S/C18H22O2/c1-18-10-9-13-12(14(18)7-8-16(18)20)6-5-11-3-2-4-15(19)17(11)13/h2-4,12-14,19H,5-10H2,1H3/t12-,13+,14+,18+/m1/s1. The smallest absolute Gasteiger partial charge is 0.139 e. The average Bonchev–Trinajstić information content (AvgIpc) is 2.75. The molecule has 3 aliphatic carbocycles. The molecule has 0 heterocycles. The van der Waals surface area contributed by atoms with Gasteiger partial charge in [0.1, 0.15) is 11.5 Å². The van der Waals surface area contributed by atoms with Gasteiger partial charge in [0.25, 0.3) is 0 Å². The number of benzene rings is 1. The Morgan fingerprint density at radius 3 is 2.90 bits per heavy atom. The lowest BCUT2D eigenvalue weighted by atomic mass is 9.55. The molecule has 0 bridgehead atoms. The molecular formula is C18H22O2. The lowest BCUT2D eigenvalue weighted by molar-refractivity contribution is -0.129. The van der Waals surface area contributed by atoms with E-state index in [2.05, 4.69) is 13.0 Å². The van der Waals surface area contributed by atoms with Crippen LogP contribution in [0.3, 0.4) is 0 Å². The van der Waals surface area contributed by atoms with Crippen molar-refractivity contribution in [1.29, 1.82) is 0 Å². The zero-order valence-corrected chi connectivity index (χ0v) is 12.1. The maximum Gasteiger partial charge on any atom is 0.139 e. The Labute approximate surface area is 120 Å². The van der Waals surface area contributed by atoms with Gasteiger partial charge >= 0.3 is 0 Å². The second kappa shape index (κ2) is 4.09. The largest absolute Gasteiger partial charge is 0.508 e. The predicted octanol–water partition coefficient (Wildman–Crippen LogP) is 3.82. The van der Waals surface area contributed by atoms with E-state index in [0.29, 0.717) is 29.3 Å². The first kappa shape index (κ1) is 12.4. The molecule has 106 valence electrons. The van der Waals surface area contributed by atoms with Crippen LogP contribution in [0.4, 0.5) is 0 Å². The van der Waals surface area contributed by atoms with E-state index in [4.69, 9.17) is 0 Å². The summed E-state index contributed by atoms with van der Waals surface area (Å²) in [5, 5.41) is 10.3. The quantitative estimate of drug-likeness (QED) is 0.778. The Bertz CT molecular complexity index is 577. The van der Waals surface area contributed by atoms with Gasteiger partial charge in [-0.05, 0) is 61.5 Å². The fourth-order valence-corrected chi connectivity index (χ4v) is 5.39. The van der Waals surface area contributed by atoms with Crippen LogP contribution in [0.25, 0.3) is 0 Å². The highest BCUT2D eigenvalue weighted by Crippen LogP contribution is 2.60. The third-order valence-corrected chi connectivity index (χ3v) is 6.44. The van der Waals surface area contributed by atoms with Crippen molar-refractivity contribution >= 4 is 5.78 Å². The number of Topliss-reactive ketones (excluding diaryl/α,β-unsaturated/α-hetero) is 1. The molecule has 0 unspecified atom stereocenters. The normalized spacial score (nSPS) is 39.0. The SMILES string of the molecule is C[C@]12CC[C@@H]3c4c(O)cccc4CC[C@H]3[C@@H]1CCC2=O. The number of ketones is 1. The Kier molecular flexibility index (Phi) is 2.55. The number of carbonyl (C=O) groups excluding carboxylic acids is 1. The Balaban J connectivity index is 1.77. The summed E-state index contributed by atoms with van der Waals surface area (Å²) in [5.41, 5.74) is 2.47. The molecule has 2 heteroatoms. The van der Waals surface area contributed by atoms with E-state index in [1.165, 1.54) is 17.5 Å². The number of hydrogen-bond acceptors (Lipinski definition) is 2. The van der Waals surface area contributed by atoms with E-state index in [1.807, 2.05) is 12.1 Å². The lowest BCUT2D eigenvalue weighted by Crippen LogP contribution is -2.42. The van der Waals surface area contributed by atoms with Crippen molar-refractivity contribution in [1.82, 2.24) is 0 Å².